The van der Waals surface area contributed by atoms with E-state index in [9.17, 15) is 14.4 Å². The Labute approximate surface area is 175 Å². The van der Waals surface area contributed by atoms with Crippen molar-refractivity contribution < 1.29 is 24.2 Å². The van der Waals surface area contributed by atoms with Crippen LogP contribution in [0.1, 0.15) is 43.2 Å². The van der Waals surface area contributed by atoms with Crippen molar-refractivity contribution in [1.29, 1.82) is 0 Å². The summed E-state index contributed by atoms with van der Waals surface area (Å²) in [5, 5.41) is 13.6. The highest BCUT2D eigenvalue weighted by molar-refractivity contribution is 5.88. The number of unbranched alkanes of at least 4 members (excludes halogenated alkanes) is 1. The molecule has 2 aromatic rings. The molecule has 0 aromatic heterocycles. The average Bonchev–Trinajstić information content (AvgIpc) is 3.07. The monoisotopic (exact) mass is 410 g/mol. The number of carbonyl (C=O) groups is 3. The maximum atomic E-state index is 12.4. The average molecular weight is 410 g/mol. The molecular weight excluding hydrogens is 384 g/mol. The minimum absolute atomic E-state index is 0.0712. The van der Waals surface area contributed by atoms with Crippen LogP contribution >= 0.6 is 0 Å². The van der Waals surface area contributed by atoms with E-state index in [1.165, 1.54) is 0 Å². The van der Waals surface area contributed by atoms with Gasteiger partial charge in [0, 0.05) is 5.92 Å². The van der Waals surface area contributed by atoms with Gasteiger partial charge in [0.2, 0.25) is 5.91 Å². The van der Waals surface area contributed by atoms with Crippen LogP contribution in [0.3, 0.4) is 0 Å². The smallest absolute Gasteiger partial charge is 0.407 e. The SMILES string of the molecule is CCCCC(NC(=O)OCC1c2ccccc2-c2ccccc21)C(=O)NCC(=O)O. The van der Waals surface area contributed by atoms with E-state index < -0.39 is 30.6 Å². The fraction of sp³-hybridized carbons (Fsp3) is 0.348. The Morgan fingerprint density at radius 2 is 1.63 bits per heavy atom. The van der Waals surface area contributed by atoms with Gasteiger partial charge in [0.25, 0.3) is 0 Å². The number of fused-ring (bicyclic) bond motifs is 3. The van der Waals surface area contributed by atoms with Gasteiger partial charge in [-0.3, -0.25) is 9.59 Å². The third-order valence-corrected chi connectivity index (χ3v) is 5.21. The number of nitrogens with one attached hydrogen (secondary N) is 2. The summed E-state index contributed by atoms with van der Waals surface area (Å²) in [5.41, 5.74) is 4.48. The number of benzene rings is 2. The molecule has 7 nitrogen and oxygen atoms in total. The van der Waals surface area contributed by atoms with Gasteiger partial charge in [0.15, 0.2) is 0 Å². The lowest BCUT2D eigenvalue weighted by Crippen LogP contribution is -2.48. The van der Waals surface area contributed by atoms with E-state index in [-0.39, 0.29) is 12.5 Å². The third kappa shape index (κ3) is 4.97. The topological polar surface area (TPSA) is 105 Å². The van der Waals surface area contributed by atoms with Gasteiger partial charge < -0.3 is 20.5 Å². The van der Waals surface area contributed by atoms with Crippen LogP contribution in [0.5, 0.6) is 0 Å². The molecule has 0 heterocycles. The van der Waals surface area contributed by atoms with Gasteiger partial charge in [-0.05, 0) is 28.7 Å². The molecule has 1 aliphatic rings. The van der Waals surface area contributed by atoms with Crippen molar-refractivity contribution in [2.45, 2.75) is 38.1 Å². The van der Waals surface area contributed by atoms with Gasteiger partial charge in [-0.1, -0.05) is 68.3 Å². The lowest BCUT2D eigenvalue weighted by molar-refractivity contribution is -0.138. The number of alkyl carbamates (subject to hydrolysis) is 1. The molecule has 3 rings (SSSR count). The van der Waals surface area contributed by atoms with E-state index in [1.807, 2.05) is 43.3 Å². The molecule has 1 aliphatic carbocycles. The summed E-state index contributed by atoms with van der Waals surface area (Å²) in [6.45, 7) is 1.63. The lowest BCUT2D eigenvalue weighted by Gasteiger charge is -2.19. The largest absolute Gasteiger partial charge is 0.480 e. The Hall–Kier alpha value is -3.35. The highest BCUT2D eigenvalue weighted by Crippen LogP contribution is 2.44. The van der Waals surface area contributed by atoms with Gasteiger partial charge in [-0.25, -0.2) is 4.79 Å². The molecule has 158 valence electrons. The first-order valence-electron chi connectivity index (χ1n) is 10.1. The molecule has 0 saturated carbocycles. The standard InChI is InChI=1S/C23H26N2O5/c1-2-3-12-20(22(28)24-13-21(26)27)25-23(29)30-14-19-17-10-6-4-8-15(17)16-9-5-7-11-18(16)19/h4-11,19-20H,2-3,12-14H2,1H3,(H,24,28)(H,25,29)(H,26,27). The Kier molecular flexibility index (Phi) is 7.06. The molecule has 0 saturated heterocycles. The van der Waals surface area contributed by atoms with Crippen molar-refractivity contribution in [3.63, 3.8) is 0 Å². The van der Waals surface area contributed by atoms with Gasteiger partial charge in [-0.2, -0.15) is 0 Å². The summed E-state index contributed by atoms with van der Waals surface area (Å²) in [6, 6.07) is 15.2. The predicted octanol–water partition coefficient (Wildman–Crippen LogP) is 3.28. The van der Waals surface area contributed by atoms with E-state index in [0.29, 0.717) is 6.42 Å². The molecule has 0 aliphatic heterocycles. The number of carboxylic acid groups (broad SMARTS) is 1. The van der Waals surface area contributed by atoms with Crippen molar-refractivity contribution in [1.82, 2.24) is 10.6 Å². The van der Waals surface area contributed by atoms with E-state index in [0.717, 1.165) is 35.1 Å². The number of hydrogen-bond acceptors (Lipinski definition) is 4. The quantitative estimate of drug-likeness (QED) is 0.588. The zero-order valence-corrected chi connectivity index (χ0v) is 16.9. The molecule has 7 heteroatoms. The summed E-state index contributed by atoms with van der Waals surface area (Å²) >= 11 is 0. The highest BCUT2D eigenvalue weighted by atomic mass is 16.5. The van der Waals surface area contributed by atoms with Crippen LogP contribution in [0, 0.1) is 0 Å². The van der Waals surface area contributed by atoms with Crippen LogP contribution in [-0.2, 0) is 14.3 Å². The first-order valence-corrected chi connectivity index (χ1v) is 10.1. The summed E-state index contributed by atoms with van der Waals surface area (Å²) in [4.78, 5) is 35.3. The second-order valence-electron chi connectivity index (χ2n) is 7.28. The highest BCUT2D eigenvalue weighted by Gasteiger charge is 2.29. The summed E-state index contributed by atoms with van der Waals surface area (Å²) in [6.07, 6.45) is 1.28. The van der Waals surface area contributed by atoms with Crippen molar-refractivity contribution in [2.24, 2.45) is 0 Å². The van der Waals surface area contributed by atoms with Crippen LogP contribution in [-0.4, -0.2) is 42.3 Å². The Morgan fingerprint density at radius 3 is 2.20 bits per heavy atom. The molecule has 2 aromatic carbocycles. The minimum Gasteiger partial charge on any atom is -0.480 e. The molecule has 0 bridgehead atoms. The fourth-order valence-electron chi connectivity index (χ4n) is 3.75. The fourth-order valence-corrected chi connectivity index (χ4v) is 3.75. The van der Waals surface area contributed by atoms with E-state index in [2.05, 4.69) is 22.8 Å². The normalized spacial score (nSPS) is 13.1. The first-order chi connectivity index (χ1) is 14.5. The molecule has 2 amide bonds. The summed E-state index contributed by atoms with van der Waals surface area (Å²) in [7, 11) is 0. The van der Waals surface area contributed by atoms with Crippen LogP contribution in [0.25, 0.3) is 11.1 Å². The number of carboxylic acids is 1. The van der Waals surface area contributed by atoms with Gasteiger partial charge in [0.1, 0.15) is 19.2 Å². The van der Waals surface area contributed by atoms with Crippen molar-refractivity contribution in [2.75, 3.05) is 13.2 Å². The molecule has 0 spiro atoms. The third-order valence-electron chi connectivity index (χ3n) is 5.21. The maximum absolute atomic E-state index is 12.4. The molecule has 0 radical (unpaired) electrons. The first kappa shape index (κ1) is 21.4. The van der Waals surface area contributed by atoms with Crippen molar-refractivity contribution >= 4 is 18.0 Å². The second-order valence-corrected chi connectivity index (χ2v) is 7.28. The van der Waals surface area contributed by atoms with Crippen LogP contribution in [0.4, 0.5) is 4.79 Å². The number of rotatable bonds is 9. The summed E-state index contributed by atoms with van der Waals surface area (Å²) in [5.74, 6) is -1.74. The number of hydrogen-bond donors (Lipinski definition) is 3. The van der Waals surface area contributed by atoms with Crippen LogP contribution in [0.15, 0.2) is 48.5 Å². The van der Waals surface area contributed by atoms with Crippen molar-refractivity contribution in [3.05, 3.63) is 59.7 Å². The molecule has 1 atom stereocenters. The van der Waals surface area contributed by atoms with Gasteiger partial charge in [-0.15, -0.1) is 0 Å². The Balaban J connectivity index is 1.64. The summed E-state index contributed by atoms with van der Waals surface area (Å²) < 4.78 is 5.48. The lowest BCUT2D eigenvalue weighted by atomic mass is 9.98. The zero-order valence-electron chi connectivity index (χ0n) is 16.9. The van der Waals surface area contributed by atoms with Gasteiger partial charge >= 0.3 is 12.1 Å². The molecular formula is C23H26N2O5. The number of amides is 2. The molecule has 30 heavy (non-hydrogen) atoms. The minimum atomic E-state index is -1.14. The van der Waals surface area contributed by atoms with E-state index in [4.69, 9.17) is 9.84 Å². The molecule has 1 unspecified atom stereocenters. The molecule has 3 N–H and O–H groups in total. The number of carbonyl (C=O) groups excluding carboxylic acids is 2. The van der Waals surface area contributed by atoms with Gasteiger partial charge in [0.05, 0.1) is 0 Å². The number of aliphatic carboxylic acids is 1. The predicted molar refractivity (Wildman–Crippen MR) is 112 cm³/mol. The zero-order chi connectivity index (χ0) is 21.5. The van der Waals surface area contributed by atoms with Crippen molar-refractivity contribution in [3.8, 4) is 11.1 Å². The van der Waals surface area contributed by atoms with E-state index in [1.54, 1.807) is 0 Å². The maximum Gasteiger partial charge on any atom is 0.407 e. The Morgan fingerprint density at radius 1 is 1.03 bits per heavy atom. The second kappa shape index (κ2) is 9.91. The van der Waals surface area contributed by atoms with E-state index >= 15 is 0 Å². The number of ether oxygens (including phenoxy) is 1. The Bertz CT molecular complexity index is 882. The van der Waals surface area contributed by atoms with Crippen LogP contribution < -0.4 is 10.6 Å². The van der Waals surface area contributed by atoms with Crippen LogP contribution in [0.2, 0.25) is 0 Å². The molecule has 0 fully saturated rings.